The normalized spacial score (nSPS) is 12.4. The maximum Gasteiger partial charge on any atom is 0.266 e. The van der Waals surface area contributed by atoms with E-state index in [1.54, 1.807) is 18.3 Å². The van der Waals surface area contributed by atoms with Gasteiger partial charge in [0.2, 0.25) is 0 Å². The molecule has 5 rings (SSSR count). The molecule has 2 aromatic carbocycles. The molecule has 0 amide bonds. The van der Waals surface area contributed by atoms with Crippen LogP contribution in [-0.2, 0) is 0 Å². The minimum atomic E-state index is -0.425. The van der Waals surface area contributed by atoms with Crippen LogP contribution in [0.4, 0.5) is 10.2 Å². The number of fused-ring (bicyclic) bond motifs is 2. The van der Waals surface area contributed by atoms with E-state index in [1.165, 1.54) is 23.0 Å². The van der Waals surface area contributed by atoms with Crippen molar-refractivity contribution in [2.75, 3.05) is 5.32 Å². The summed E-state index contributed by atoms with van der Waals surface area (Å²) in [6, 6.07) is 13.0. The number of anilines is 1. The third-order valence-corrected chi connectivity index (χ3v) is 5.29. The predicted octanol–water partition coefficient (Wildman–Crippen LogP) is 4.28. The van der Waals surface area contributed by atoms with Crippen LogP contribution in [0.3, 0.4) is 0 Å². The molecule has 31 heavy (non-hydrogen) atoms. The van der Waals surface area contributed by atoms with Crippen molar-refractivity contribution in [3.8, 4) is 5.69 Å². The number of aromatic amines is 1. The molecule has 0 bridgehead atoms. The van der Waals surface area contributed by atoms with E-state index in [9.17, 15) is 9.18 Å². The lowest BCUT2D eigenvalue weighted by Crippen LogP contribution is -2.28. The lowest BCUT2D eigenvalue weighted by atomic mass is 10.1. The van der Waals surface area contributed by atoms with Gasteiger partial charge in [0.1, 0.15) is 29.4 Å². The van der Waals surface area contributed by atoms with Crippen LogP contribution in [0.15, 0.2) is 65.8 Å². The van der Waals surface area contributed by atoms with Crippen molar-refractivity contribution >= 4 is 27.8 Å². The molecule has 0 saturated heterocycles. The summed E-state index contributed by atoms with van der Waals surface area (Å²) in [6.45, 7) is 3.76. The highest BCUT2D eigenvalue weighted by atomic mass is 19.1. The molecule has 5 aromatic rings. The first-order chi connectivity index (χ1) is 15.0. The smallest absolute Gasteiger partial charge is 0.266 e. The van der Waals surface area contributed by atoms with Gasteiger partial charge >= 0.3 is 0 Å². The van der Waals surface area contributed by atoms with E-state index < -0.39 is 11.9 Å². The van der Waals surface area contributed by atoms with Gasteiger partial charge in [0.15, 0.2) is 0 Å². The van der Waals surface area contributed by atoms with Gasteiger partial charge in [-0.3, -0.25) is 9.36 Å². The first-order valence-corrected chi connectivity index (χ1v) is 9.86. The summed E-state index contributed by atoms with van der Waals surface area (Å²) in [6.07, 6.45) is 3.25. The second kappa shape index (κ2) is 7.32. The van der Waals surface area contributed by atoms with Crippen molar-refractivity contribution in [1.82, 2.24) is 24.5 Å². The molecule has 0 radical (unpaired) electrons. The Morgan fingerprint density at radius 3 is 2.81 bits per heavy atom. The van der Waals surface area contributed by atoms with Gasteiger partial charge in [0.05, 0.1) is 28.0 Å². The molecule has 2 N–H and O–H groups in total. The number of benzene rings is 2. The Morgan fingerprint density at radius 1 is 1.13 bits per heavy atom. The summed E-state index contributed by atoms with van der Waals surface area (Å²) in [7, 11) is 0. The van der Waals surface area contributed by atoms with E-state index >= 15 is 0 Å². The topological polar surface area (TPSA) is 88.5 Å². The monoisotopic (exact) mass is 414 g/mol. The maximum absolute atomic E-state index is 14.0. The molecule has 0 aliphatic rings. The van der Waals surface area contributed by atoms with Gasteiger partial charge in [0, 0.05) is 6.20 Å². The lowest BCUT2D eigenvalue weighted by Gasteiger charge is -2.20. The van der Waals surface area contributed by atoms with Gasteiger partial charge in [-0.2, -0.15) is 0 Å². The predicted molar refractivity (Wildman–Crippen MR) is 118 cm³/mol. The van der Waals surface area contributed by atoms with Crippen molar-refractivity contribution in [1.29, 1.82) is 0 Å². The summed E-state index contributed by atoms with van der Waals surface area (Å²) >= 11 is 0. The van der Waals surface area contributed by atoms with Gasteiger partial charge in [-0.25, -0.2) is 19.3 Å². The largest absolute Gasteiger partial charge is 0.360 e. The Hall–Kier alpha value is -4.07. The second-order valence-corrected chi connectivity index (χ2v) is 7.39. The number of hydrogen-bond acceptors (Lipinski definition) is 5. The highest BCUT2D eigenvalue weighted by Gasteiger charge is 2.20. The summed E-state index contributed by atoms with van der Waals surface area (Å²) in [4.78, 5) is 29.9. The van der Waals surface area contributed by atoms with Crippen LogP contribution in [-0.4, -0.2) is 24.5 Å². The maximum atomic E-state index is 14.0. The SMILES string of the molecule is Cc1cccc2nc(C(C)Nc3ncnc4[nH]ccc34)n(-c3cccc(F)c3)c(=O)c12. The molecule has 0 aliphatic heterocycles. The zero-order valence-corrected chi connectivity index (χ0v) is 16.9. The first kappa shape index (κ1) is 18.9. The van der Waals surface area contributed by atoms with Crippen molar-refractivity contribution in [2.24, 2.45) is 0 Å². The van der Waals surface area contributed by atoms with Crippen LogP contribution in [0.2, 0.25) is 0 Å². The lowest BCUT2D eigenvalue weighted by molar-refractivity contribution is 0.624. The molecule has 0 aliphatic carbocycles. The average molecular weight is 414 g/mol. The van der Waals surface area contributed by atoms with Gasteiger partial charge in [0.25, 0.3) is 5.56 Å². The molecule has 1 atom stereocenters. The summed E-state index contributed by atoms with van der Waals surface area (Å²) in [5, 5.41) is 4.67. The fourth-order valence-electron chi connectivity index (χ4n) is 3.83. The number of halogens is 1. The molecule has 3 heterocycles. The second-order valence-electron chi connectivity index (χ2n) is 7.39. The molecule has 0 spiro atoms. The molecular formula is C23H19FN6O. The van der Waals surface area contributed by atoms with Crippen LogP contribution in [0.1, 0.15) is 24.4 Å². The van der Waals surface area contributed by atoms with Gasteiger partial charge in [-0.1, -0.05) is 18.2 Å². The van der Waals surface area contributed by atoms with E-state index in [2.05, 4.69) is 20.3 Å². The van der Waals surface area contributed by atoms with Crippen molar-refractivity contribution in [2.45, 2.75) is 19.9 Å². The molecule has 0 fully saturated rings. The fraction of sp³-hybridized carbons (Fsp3) is 0.130. The van der Waals surface area contributed by atoms with Crippen molar-refractivity contribution < 1.29 is 4.39 Å². The van der Waals surface area contributed by atoms with Crippen LogP contribution in [0.25, 0.3) is 27.6 Å². The third-order valence-electron chi connectivity index (χ3n) is 5.29. The molecule has 3 aromatic heterocycles. The summed E-state index contributed by atoms with van der Waals surface area (Å²) in [5.74, 6) is 0.643. The molecule has 1 unspecified atom stereocenters. The molecular weight excluding hydrogens is 395 g/mol. The van der Waals surface area contributed by atoms with Crippen molar-refractivity contribution in [3.05, 3.63) is 88.6 Å². The highest BCUT2D eigenvalue weighted by molar-refractivity contribution is 5.87. The van der Waals surface area contributed by atoms with E-state index in [4.69, 9.17) is 4.98 Å². The van der Waals surface area contributed by atoms with Crippen LogP contribution in [0.5, 0.6) is 0 Å². The fourth-order valence-corrected chi connectivity index (χ4v) is 3.83. The molecule has 7 nitrogen and oxygen atoms in total. The first-order valence-electron chi connectivity index (χ1n) is 9.86. The zero-order valence-electron chi connectivity index (χ0n) is 16.9. The summed E-state index contributed by atoms with van der Waals surface area (Å²) < 4.78 is 15.5. The quantitative estimate of drug-likeness (QED) is 0.458. The van der Waals surface area contributed by atoms with E-state index in [0.29, 0.717) is 33.9 Å². The van der Waals surface area contributed by atoms with Gasteiger partial charge in [-0.15, -0.1) is 0 Å². The Labute approximate surface area is 176 Å². The van der Waals surface area contributed by atoms with Crippen LogP contribution < -0.4 is 10.9 Å². The van der Waals surface area contributed by atoms with Crippen LogP contribution in [0, 0.1) is 12.7 Å². The molecule has 8 heteroatoms. The standard InChI is InChI=1S/C23H19FN6O/c1-13-5-3-8-18-19(13)23(31)30(16-7-4-6-15(24)11-16)22(29-18)14(2)28-21-17-9-10-25-20(17)26-12-27-21/h3-12,14H,1-2H3,(H2,25,26,27,28). The minimum Gasteiger partial charge on any atom is -0.360 e. The van der Waals surface area contributed by atoms with Gasteiger partial charge in [-0.05, 0) is 49.7 Å². The zero-order chi connectivity index (χ0) is 21.5. The summed E-state index contributed by atoms with van der Waals surface area (Å²) in [5.41, 5.74) is 2.29. The van der Waals surface area contributed by atoms with E-state index in [0.717, 1.165) is 10.9 Å². The average Bonchev–Trinajstić information content (AvgIpc) is 3.23. The molecule has 0 saturated carbocycles. The van der Waals surface area contributed by atoms with Gasteiger partial charge < -0.3 is 10.3 Å². The minimum absolute atomic E-state index is 0.244. The number of H-pyrrole nitrogens is 1. The number of rotatable bonds is 4. The van der Waals surface area contributed by atoms with E-state index in [1.807, 2.05) is 38.1 Å². The Balaban J connectivity index is 1.72. The van der Waals surface area contributed by atoms with E-state index in [-0.39, 0.29) is 5.56 Å². The number of nitrogens with zero attached hydrogens (tertiary/aromatic N) is 4. The Kier molecular flexibility index (Phi) is 4.47. The highest BCUT2D eigenvalue weighted by Crippen LogP contribution is 2.25. The number of nitrogens with one attached hydrogen (secondary N) is 2. The number of aryl methyl sites for hydroxylation is 1. The Bertz CT molecular complexity index is 1490. The van der Waals surface area contributed by atoms with Crippen LogP contribution >= 0.6 is 0 Å². The number of aromatic nitrogens is 5. The third kappa shape index (κ3) is 3.22. The number of hydrogen-bond donors (Lipinski definition) is 2. The van der Waals surface area contributed by atoms with Crippen molar-refractivity contribution in [3.63, 3.8) is 0 Å². The molecule has 154 valence electrons. The Morgan fingerprint density at radius 2 is 1.97 bits per heavy atom.